The van der Waals surface area contributed by atoms with E-state index in [9.17, 15) is 9.59 Å². The Morgan fingerprint density at radius 1 is 1.09 bits per heavy atom. The van der Waals surface area contributed by atoms with Crippen LogP contribution >= 0.6 is 0 Å². The second kappa shape index (κ2) is 7.16. The molecule has 2 amide bonds. The Morgan fingerprint density at radius 2 is 1.83 bits per heavy atom. The van der Waals surface area contributed by atoms with Crippen molar-refractivity contribution in [2.75, 3.05) is 11.9 Å². The van der Waals surface area contributed by atoms with Crippen LogP contribution in [0.15, 0.2) is 24.3 Å². The van der Waals surface area contributed by atoms with Crippen molar-refractivity contribution in [3.63, 3.8) is 0 Å². The molecule has 4 heteroatoms. The van der Waals surface area contributed by atoms with Crippen molar-refractivity contribution in [3.8, 4) is 0 Å². The number of rotatable bonds is 2. The predicted octanol–water partition coefficient (Wildman–Crippen LogP) is 4.47. The molecule has 0 radical (unpaired) electrons. The Bertz CT molecular complexity index is 584. The minimum atomic E-state index is -0.00972. The third-order valence-corrected chi connectivity index (χ3v) is 5.27. The summed E-state index contributed by atoms with van der Waals surface area (Å²) in [7, 11) is 0. The van der Waals surface area contributed by atoms with Gasteiger partial charge >= 0.3 is 6.03 Å². The standard InChI is InChI=1S/C19H26N2O2/c1-14(22)16-9-6-10-17(13-16)20-19(23)21-12-5-4-8-15-7-2-3-11-18(15)21/h6,9-10,13,15,18H,2-5,7-8,11-12H2,1H3,(H,20,23)/t15-,18-/m0/s1. The van der Waals surface area contributed by atoms with Gasteiger partial charge in [0.2, 0.25) is 0 Å². The van der Waals surface area contributed by atoms with Gasteiger partial charge in [0, 0.05) is 23.8 Å². The lowest BCUT2D eigenvalue weighted by molar-refractivity contribution is 0.101. The second-order valence-corrected chi connectivity index (χ2v) is 6.87. The number of nitrogens with one attached hydrogen (secondary N) is 1. The molecule has 0 bridgehead atoms. The van der Waals surface area contributed by atoms with E-state index in [0.29, 0.717) is 23.2 Å². The SMILES string of the molecule is CC(=O)c1cccc(NC(=O)N2CCCC[C@@H]3CCCC[C@@H]32)c1. The molecule has 23 heavy (non-hydrogen) atoms. The smallest absolute Gasteiger partial charge is 0.321 e. The minimum absolute atomic E-state index is 0.00972. The fourth-order valence-electron chi connectivity index (χ4n) is 4.05. The number of nitrogens with zero attached hydrogens (tertiary/aromatic N) is 1. The molecule has 2 aliphatic rings. The number of ketones is 1. The number of carbonyl (C=O) groups excluding carboxylic acids is 2. The lowest BCUT2D eigenvalue weighted by Gasteiger charge is -2.38. The highest BCUT2D eigenvalue weighted by molar-refractivity contribution is 5.96. The highest BCUT2D eigenvalue weighted by Gasteiger charge is 2.34. The first-order valence-electron chi connectivity index (χ1n) is 8.84. The molecule has 3 rings (SSSR count). The van der Waals surface area contributed by atoms with Crippen molar-refractivity contribution in [2.24, 2.45) is 5.92 Å². The molecule has 1 aromatic rings. The number of likely N-dealkylation sites (tertiary alicyclic amines) is 1. The average molecular weight is 314 g/mol. The van der Waals surface area contributed by atoms with E-state index >= 15 is 0 Å². The van der Waals surface area contributed by atoms with Gasteiger partial charge in [0.1, 0.15) is 0 Å². The molecule has 0 spiro atoms. The molecule has 1 N–H and O–H groups in total. The first kappa shape index (κ1) is 16.0. The summed E-state index contributed by atoms with van der Waals surface area (Å²) in [5.74, 6) is 0.684. The first-order valence-corrected chi connectivity index (χ1v) is 8.84. The summed E-state index contributed by atoms with van der Waals surface area (Å²) >= 11 is 0. The van der Waals surface area contributed by atoms with Crippen LogP contribution in [0.1, 0.15) is 62.2 Å². The van der Waals surface area contributed by atoms with Crippen molar-refractivity contribution >= 4 is 17.5 Å². The van der Waals surface area contributed by atoms with Crippen molar-refractivity contribution in [2.45, 2.75) is 57.9 Å². The molecule has 2 atom stereocenters. The van der Waals surface area contributed by atoms with Crippen LogP contribution in [0.5, 0.6) is 0 Å². The quantitative estimate of drug-likeness (QED) is 0.819. The zero-order chi connectivity index (χ0) is 16.2. The number of Topliss-reactive ketones (excluding diaryl/α,β-unsaturated/α-hetero) is 1. The van der Waals surface area contributed by atoms with Crippen LogP contribution in [0.3, 0.4) is 0 Å². The predicted molar refractivity (Wildman–Crippen MR) is 91.8 cm³/mol. The third-order valence-electron chi connectivity index (χ3n) is 5.27. The molecule has 2 fully saturated rings. The Morgan fingerprint density at radius 3 is 2.61 bits per heavy atom. The molecule has 1 saturated heterocycles. The van der Waals surface area contributed by atoms with Crippen molar-refractivity contribution in [1.29, 1.82) is 0 Å². The summed E-state index contributed by atoms with van der Waals surface area (Å²) in [4.78, 5) is 26.3. The second-order valence-electron chi connectivity index (χ2n) is 6.87. The zero-order valence-electron chi connectivity index (χ0n) is 13.9. The van der Waals surface area contributed by atoms with Gasteiger partial charge in [-0.1, -0.05) is 31.4 Å². The van der Waals surface area contributed by atoms with Crippen molar-refractivity contribution in [1.82, 2.24) is 4.90 Å². The Hall–Kier alpha value is -1.84. The van der Waals surface area contributed by atoms with Crippen LogP contribution in [0.2, 0.25) is 0 Å². The minimum Gasteiger partial charge on any atom is -0.321 e. The van der Waals surface area contributed by atoms with Gasteiger partial charge in [-0.3, -0.25) is 4.79 Å². The number of urea groups is 1. The molecule has 1 heterocycles. The van der Waals surface area contributed by atoms with Gasteiger partial charge in [-0.15, -0.1) is 0 Å². The fourth-order valence-corrected chi connectivity index (χ4v) is 4.05. The molecule has 0 aromatic heterocycles. The van der Waals surface area contributed by atoms with Gasteiger partial charge < -0.3 is 10.2 Å². The van der Waals surface area contributed by atoms with Crippen LogP contribution < -0.4 is 5.32 Å². The van der Waals surface area contributed by atoms with Crippen LogP contribution in [-0.2, 0) is 0 Å². The first-order chi connectivity index (χ1) is 11.1. The highest BCUT2D eigenvalue weighted by Crippen LogP contribution is 2.34. The molecule has 124 valence electrons. The summed E-state index contributed by atoms with van der Waals surface area (Å²) < 4.78 is 0. The van der Waals surface area contributed by atoms with E-state index in [1.54, 1.807) is 19.1 Å². The van der Waals surface area contributed by atoms with Gasteiger partial charge in [-0.05, 0) is 50.7 Å². The van der Waals surface area contributed by atoms with E-state index in [4.69, 9.17) is 0 Å². The molecule has 1 aromatic carbocycles. The summed E-state index contributed by atoms with van der Waals surface area (Å²) in [6.45, 7) is 2.39. The summed E-state index contributed by atoms with van der Waals surface area (Å²) in [6.07, 6.45) is 8.49. The summed E-state index contributed by atoms with van der Waals surface area (Å²) in [5.41, 5.74) is 1.34. The Labute approximate surface area is 138 Å². The maximum absolute atomic E-state index is 12.8. The van der Waals surface area contributed by atoms with Crippen LogP contribution in [0, 0.1) is 5.92 Å². The molecule has 1 aliphatic heterocycles. The largest absolute Gasteiger partial charge is 0.322 e. The summed E-state index contributed by atoms with van der Waals surface area (Å²) in [5, 5.41) is 3.00. The Balaban J connectivity index is 1.73. The number of hydrogen-bond donors (Lipinski definition) is 1. The molecular formula is C19H26N2O2. The van der Waals surface area contributed by atoms with Gasteiger partial charge in [0.05, 0.1) is 0 Å². The highest BCUT2D eigenvalue weighted by atomic mass is 16.2. The van der Waals surface area contributed by atoms with Crippen LogP contribution in [0.25, 0.3) is 0 Å². The van der Waals surface area contributed by atoms with E-state index in [-0.39, 0.29) is 11.8 Å². The van der Waals surface area contributed by atoms with E-state index in [0.717, 1.165) is 19.4 Å². The lowest BCUT2D eigenvalue weighted by atomic mass is 9.82. The normalized spacial score (nSPS) is 24.5. The average Bonchev–Trinajstić information content (AvgIpc) is 2.77. The van der Waals surface area contributed by atoms with E-state index in [1.807, 2.05) is 12.1 Å². The third kappa shape index (κ3) is 3.74. The monoisotopic (exact) mass is 314 g/mol. The number of amides is 2. The molecule has 4 nitrogen and oxygen atoms in total. The van der Waals surface area contributed by atoms with Gasteiger partial charge in [0.15, 0.2) is 5.78 Å². The maximum Gasteiger partial charge on any atom is 0.322 e. The number of carbonyl (C=O) groups is 2. The Kier molecular flexibility index (Phi) is 4.99. The number of anilines is 1. The van der Waals surface area contributed by atoms with Gasteiger partial charge in [0.25, 0.3) is 0 Å². The maximum atomic E-state index is 12.8. The van der Waals surface area contributed by atoms with E-state index < -0.39 is 0 Å². The fraction of sp³-hybridized carbons (Fsp3) is 0.579. The number of fused-ring (bicyclic) bond motifs is 1. The number of benzene rings is 1. The molecular weight excluding hydrogens is 288 g/mol. The van der Waals surface area contributed by atoms with E-state index in [1.165, 1.54) is 32.1 Å². The zero-order valence-corrected chi connectivity index (χ0v) is 13.9. The van der Waals surface area contributed by atoms with E-state index in [2.05, 4.69) is 10.2 Å². The lowest BCUT2D eigenvalue weighted by Crippen LogP contribution is -2.47. The van der Waals surface area contributed by atoms with Gasteiger partial charge in [-0.25, -0.2) is 4.79 Å². The van der Waals surface area contributed by atoms with Crippen LogP contribution in [0.4, 0.5) is 10.5 Å². The van der Waals surface area contributed by atoms with Gasteiger partial charge in [-0.2, -0.15) is 0 Å². The topological polar surface area (TPSA) is 49.4 Å². The van der Waals surface area contributed by atoms with Crippen molar-refractivity contribution in [3.05, 3.63) is 29.8 Å². The number of hydrogen-bond acceptors (Lipinski definition) is 2. The van der Waals surface area contributed by atoms with Crippen LogP contribution in [-0.4, -0.2) is 29.3 Å². The molecule has 0 unspecified atom stereocenters. The molecule has 1 saturated carbocycles. The molecule has 1 aliphatic carbocycles. The van der Waals surface area contributed by atoms with Crippen molar-refractivity contribution < 1.29 is 9.59 Å². The summed E-state index contributed by atoms with van der Waals surface area (Å²) in [6, 6.07) is 7.59.